The molecule has 1 N–H and O–H groups in total. The van der Waals surface area contributed by atoms with Gasteiger partial charge in [-0.25, -0.2) is 4.79 Å². The van der Waals surface area contributed by atoms with Crippen LogP contribution in [0.2, 0.25) is 0 Å². The van der Waals surface area contributed by atoms with Crippen LogP contribution in [0.5, 0.6) is 5.75 Å². The van der Waals surface area contributed by atoms with Gasteiger partial charge >= 0.3 is 5.97 Å². The van der Waals surface area contributed by atoms with E-state index in [1.54, 1.807) is 49.4 Å². The molecule has 2 rings (SSSR count). The van der Waals surface area contributed by atoms with Gasteiger partial charge in [0.15, 0.2) is 0 Å². The van der Waals surface area contributed by atoms with Crippen LogP contribution in [-0.2, 0) is 4.74 Å². The maximum Gasteiger partial charge on any atom is 0.338 e. The van der Waals surface area contributed by atoms with Crippen LogP contribution in [0.4, 0.5) is 5.69 Å². The number of rotatable bonds is 6. The highest BCUT2D eigenvalue weighted by atomic mass is 16.5. The first kappa shape index (κ1) is 17.5. The maximum absolute atomic E-state index is 12.4. The third-order valence-electron chi connectivity index (χ3n) is 3.42. The highest BCUT2D eigenvalue weighted by Gasteiger charge is 2.12. The number of nitrogens with one attached hydrogen (secondary N) is 1. The lowest BCUT2D eigenvalue weighted by molar-refractivity contribution is 0.0526. The minimum atomic E-state index is -0.408. The molecule has 24 heavy (non-hydrogen) atoms. The van der Waals surface area contributed by atoms with Crippen molar-refractivity contribution in [2.45, 2.75) is 20.8 Å². The van der Waals surface area contributed by atoms with Crippen molar-refractivity contribution in [2.24, 2.45) is 0 Å². The lowest BCUT2D eigenvalue weighted by Crippen LogP contribution is -2.14. The molecule has 0 spiro atoms. The van der Waals surface area contributed by atoms with Gasteiger partial charge in [-0.2, -0.15) is 0 Å². The number of hydrogen-bond acceptors (Lipinski definition) is 4. The summed E-state index contributed by atoms with van der Waals surface area (Å²) in [5.41, 5.74) is 2.37. The van der Waals surface area contributed by atoms with E-state index < -0.39 is 5.97 Å². The number of aryl methyl sites for hydroxylation is 1. The number of carbonyl (C=O) groups is 2. The van der Waals surface area contributed by atoms with Crippen LogP contribution in [0.15, 0.2) is 42.5 Å². The summed E-state index contributed by atoms with van der Waals surface area (Å²) >= 11 is 0. The summed E-state index contributed by atoms with van der Waals surface area (Å²) in [6, 6.07) is 12.0. The molecule has 0 aliphatic rings. The van der Waals surface area contributed by atoms with Crippen molar-refractivity contribution >= 4 is 17.6 Å². The van der Waals surface area contributed by atoms with E-state index in [0.29, 0.717) is 30.0 Å². The van der Waals surface area contributed by atoms with E-state index in [9.17, 15) is 9.59 Å². The molecule has 0 aliphatic carbocycles. The molecule has 0 heterocycles. The molecule has 126 valence electrons. The predicted molar refractivity (Wildman–Crippen MR) is 92.7 cm³/mol. The van der Waals surface area contributed by atoms with Gasteiger partial charge < -0.3 is 14.8 Å². The van der Waals surface area contributed by atoms with E-state index in [-0.39, 0.29) is 5.91 Å². The SMILES string of the molecule is CCOC(=O)c1ccc(C)c(NC(=O)c2ccc(OCC)cc2)c1. The molecule has 0 aromatic heterocycles. The zero-order valence-corrected chi connectivity index (χ0v) is 14.1. The molecule has 0 unspecified atom stereocenters. The van der Waals surface area contributed by atoms with Crippen molar-refractivity contribution in [3.8, 4) is 5.75 Å². The standard InChI is InChI=1S/C19H21NO4/c1-4-23-16-10-8-14(9-11-16)18(21)20-17-12-15(7-6-13(17)3)19(22)24-5-2/h6-12H,4-5H2,1-3H3,(H,20,21). The van der Waals surface area contributed by atoms with E-state index in [1.165, 1.54) is 0 Å². The molecule has 0 saturated carbocycles. The first-order valence-electron chi connectivity index (χ1n) is 7.87. The summed E-state index contributed by atoms with van der Waals surface area (Å²) in [4.78, 5) is 24.2. The van der Waals surface area contributed by atoms with E-state index in [0.717, 1.165) is 11.3 Å². The second-order valence-corrected chi connectivity index (χ2v) is 5.16. The summed E-state index contributed by atoms with van der Waals surface area (Å²) in [7, 11) is 0. The third kappa shape index (κ3) is 4.35. The van der Waals surface area contributed by atoms with Gasteiger partial charge in [0.25, 0.3) is 5.91 Å². The average molecular weight is 327 g/mol. The van der Waals surface area contributed by atoms with Crippen LogP contribution in [-0.4, -0.2) is 25.1 Å². The number of esters is 1. The van der Waals surface area contributed by atoms with Gasteiger partial charge in [-0.1, -0.05) is 6.07 Å². The third-order valence-corrected chi connectivity index (χ3v) is 3.42. The predicted octanol–water partition coefficient (Wildman–Crippen LogP) is 3.82. The van der Waals surface area contributed by atoms with Crippen molar-refractivity contribution in [3.63, 3.8) is 0 Å². The lowest BCUT2D eigenvalue weighted by Gasteiger charge is -2.11. The first-order valence-corrected chi connectivity index (χ1v) is 7.87. The Morgan fingerprint density at radius 2 is 1.62 bits per heavy atom. The molecule has 0 atom stereocenters. The Balaban J connectivity index is 2.15. The van der Waals surface area contributed by atoms with E-state index in [1.807, 2.05) is 13.8 Å². The van der Waals surface area contributed by atoms with Crippen LogP contribution in [0.3, 0.4) is 0 Å². The molecule has 0 bridgehead atoms. The Bertz CT molecular complexity index is 723. The number of anilines is 1. The summed E-state index contributed by atoms with van der Waals surface area (Å²) in [5, 5.41) is 2.83. The van der Waals surface area contributed by atoms with Crippen molar-refractivity contribution in [3.05, 3.63) is 59.2 Å². The molecular formula is C19H21NO4. The molecule has 0 fully saturated rings. The second kappa shape index (κ2) is 8.15. The monoisotopic (exact) mass is 327 g/mol. The zero-order chi connectivity index (χ0) is 17.5. The molecule has 2 aromatic carbocycles. The van der Waals surface area contributed by atoms with Crippen LogP contribution >= 0.6 is 0 Å². The van der Waals surface area contributed by atoms with Gasteiger partial charge in [-0.05, 0) is 62.7 Å². The average Bonchev–Trinajstić information content (AvgIpc) is 2.58. The quantitative estimate of drug-likeness (QED) is 0.819. The van der Waals surface area contributed by atoms with Gasteiger partial charge in [-0.3, -0.25) is 4.79 Å². The van der Waals surface area contributed by atoms with Crippen LogP contribution in [0.1, 0.15) is 40.1 Å². The number of carbonyl (C=O) groups excluding carboxylic acids is 2. The normalized spacial score (nSPS) is 10.1. The zero-order valence-electron chi connectivity index (χ0n) is 14.1. The highest BCUT2D eigenvalue weighted by molar-refractivity contribution is 6.05. The maximum atomic E-state index is 12.4. The van der Waals surface area contributed by atoms with Gasteiger partial charge in [-0.15, -0.1) is 0 Å². The lowest BCUT2D eigenvalue weighted by atomic mass is 10.1. The van der Waals surface area contributed by atoms with Crippen molar-refractivity contribution in [1.82, 2.24) is 0 Å². The van der Waals surface area contributed by atoms with Crippen LogP contribution in [0, 0.1) is 6.92 Å². The molecular weight excluding hydrogens is 306 g/mol. The fourth-order valence-electron chi connectivity index (χ4n) is 2.16. The van der Waals surface area contributed by atoms with Gasteiger partial charge in [0, 0.05) is 11.3 Å². The number of ether oxygens (including phenoxy) is 2. The Morgan fingerprint density at radius 1 is 0.958 bits per heavy atom. The smallest absolute Gasteiger partial charge is 0.338 e. The minimum absolute atomic E-state index is 0.248. The fraction of sp³-hybridized carbons (Fsp3) is 0.263. The first-order chi connectivity index (χ1) is 11.5. The summed E-state index contributed by atoms with van der Waals surface area (Å²) in [6.45, 7) is 6.40. The van der Waals surface area contributed by atoms with Crippen molar-refractivity contribution in [1.29, 1.82) is 0 Å². The number of benzene rings is 2. The summed E-state index contributed by atoms with van der Waals surface area (Å²) in [6.07, 6.45) is 0. The highest BCUT2D eigenvalue weighted by Crippen LogP contribution is 2.19. The van der Waals surface area contributed by atoms with Gasteiger partial charge in [0.1, 0.15) is 5.75 Å². The van der Waals surface area contributed by atoms with E-state index in [2.05, 4.69) is 5.32 Å². The molecule has 5 nitrogen and oxygen atoms in total. The summed E-state index contributed by atoms with van der Waals surface area (Å²) < 4.78 is 10.3. The second-order valence-electron chi connectivity index (χ2n) is 5.16. The Labute approximate surface area is 141 Å². The van der Waals surface area contributed by atoms with Crippen molar-refractivity contribution in [2.75, 3.05) is 18.5 Å². The van der Waals surface area contributed by atoms with Gasteiger partial charge in [0.05, 0.1) is 18.8 Å². The Kier molecular flexibility index (Phi) is 5.95. The van der Waals surface area contributed by atoms with E-state index >= 15 is 0 Å². The minimum Gasteiger partial charge on any atom is -0.494 e. The fourth-order valence-corrected chi connectivity index (χ4v) is 2.16. The van der Waals surface area contributed by atoms with E-state index in [4.69, 9.17) is 9.47 Å². The largest absolute Gasteiger partial charge is 0.494 e. The molecule has 2 aromatic rings. The molecule has 0 radical (unpaired) electrons. The Hall–Kier alpha value is -2.82. The molecule has 1 amide bonds. The van der Waals surface area contributed by atoms with Crippen molar-refractivity contribution < 1.29 is 19.1 Å². The van der Waals surface area contributed by atoms with Crippen LogP contribution < -0.4 is 10.1 Å². The number of hydrogen-bond donors (Lipinski definition) is 1. The van der Waals surface area contributed by atoms with Crippen LogP contribution in [0.25, 0.3) is 0 Å². The molecule has 0 saturated heterocycles. The topological polar surface area (TPSA) is 64.6 Å². The molecule has 5 heteroatoms. The Morgan fingerprint density at radius 3 is 2.25 bits per heavy atom. The number of amides is 1. The van der Waals surface area contributed by atoms with Gasteiger partial charge in [0.2, 0.25) is 0 Å². The molecule has 0 aliphatic heterocycles. The summed E-state index contributed by atoms with van der Waals surface area (Å²) in [5.74, 6) is 0.0609.